The molecule has 0 aromatic heterocycles. The predicted molar refractivity (Wildman–Crippen MR) is 134 cm³/mol. The molecule has 1 amide bonds. The number of para-hydroxylation sites is 4. The molecule has 2 heterocycles. The molecule has 0 bridgehead atoms. The minimum atomic E-state index is -4.92. The zero-order valence-corrected chi connectivity index (χ0v) is 21.3. The van der Waals surface area contributed by atoms with E-state index in [0.29, 0.717) is 22.9 Å². The number of anilines is 2. The standard InChI is InChI=1S/C26H24F3N3O6S/c1-16(33)31-14-19(30-39(35,36)18-12-10-17(11-13-18)38-26(27,28)29)25(34)22(15-31)32-20-6-2-4-8-23(20)37-24-9-5-3-7-21(24)32/h2-13,19,22,25,30,34H,14-15H2,1H3/t19-,22?,25+/m1/s1. The minimum absolute atomic E-state index is 0.0981. The van der Waals surface area contributed by atoms with Crippen LogP contribution in [0.2, 0.25) is 0 Å². The molecule has 39 heavy (non-hydrogen) atoms. The van der Waals surface area contributed by atoms with E-state index in [9.17, 15) is 31.5 Å². The van der Waals surface area contributed by atoms with Crippen LogP contribution in [0, 0.1) is 0 Å². The van der Waals surface area contributed by atoms with Gasteiger partial charge in [-0.05, 0) is 48.5 Å². The van der Waals surface area contributed by atoms with E-state index < -0.39 is 40.3 Å². The number of sulfonamides is 1. The molecule has 3 atom stereocenters. The van der Waals surface area contributed by atoms with Gasteiger partial charge in [0.15, 0.2) is 11.5 Å². The maximum absolute atomic E-state index is 13.2. The minimum Gasteiger partial charge on any atom is -0.453 e. The number of alkyl halides is 3. The second kappa shape index (κ2) is 10.1. The van der Waals surface area contributed by atoms with Crippen LogP contribution >= 0.6 is 0 Å². The molecule has 0 saturated carbocycles. The Hall–Kier alpha value is -3.81. The monoisotopic (exact) mass is 563 g/mol. The van der Waals surface area contributed by atoms with E-state index in [1.54, 1.807) is 48.5 Å². The second-order valence-corrected chi connectivity index (χ2v) is 10.9. The maximum atomic E-state index is 13.2. The molecule has 9 nitrogen and oxygen atoms in total. The summed E-state index contributed by atoms with van der Waals surface area (Å²) in [4.78, 5) is 15.4. The Labute approximate surface area is 222 Å². The first-order valence-corrected chi connectivity index (χ1v) is 13.4. The van der Waals surface area contributed by atoms with Crippen LogP contribution in [-0.4, -0.2) is 62.0 Å². The van der Waals surface area contributed by atoms with Crippen LogP contribution in [-0.2, 0) is 14.8 Å². The Balaban J connectivity index is 1.47. The third-order valence-corrected chi connectivity index (χ3v) is 8.06. The van der Waals surface area contributed by atoms with Gasteiger partial charge in [0.2, 0.25) is 15.9 Å². The number of fused-ring (bicyclic) bond motifs is 2. The van der Waals surface area contributed by atoms with E-state index in [2.05, 4.69) is 9.46 Å². The van der Waals surface area contributed by atoms with Crippen molar-refractivity contribution in [3.63, 3.8) is 0 Å². The van der Waals surface area contributed by atoms with Crippen molar-refractivity contribution in [3.05, 3.63) is 72.8 Å². The highest BCUT2D eigenvalue weighted by molar-refractivity contribution is 7.89. The first-order valence-electron chi connectivity index (χ1n) is 11.9. The zero-order valence-electron chi connectivity index (χ0n) is 20.5. The van der Waals surface area contributed by atoms with Crippen molar-refractivity contribution < 1.29 is 41.0 Å². The molecule has 206 valence electrons. The fraction of sp³-hybridized carbons (Fsp3) is 0.269. The summed E-state index contributed by atoms with van der Waals surface area (Å²) in [5, 5.41) is 11.5. The first kappa shape index (κ1) is 26.8. The quantitative estimate of drug-likeness (QED) is 0.487. The van der Waals surface area contributed by atoms with Crippen molar-refractivity contribution in [3.8, 4) is 17.2 Å². The summed E-state index contributed by atoms with van der Waals surface area (Å²) >= 11 is 0. The summed E-state index contributed by atoms with van der Waals surface area (Å²) in [5.74, 6) is 0.162. The molecule has 1 saturated heterocycles. The van der Waals surface area contributed by atoms with Gasteiger partial charge in [0.25, 0.3) is 0 Å². The molecular weight excluding hydrogens is 539 g/mol. The van der Waals surface area contributed by atoms with Gasteiger partial charge < -0.3 is 24.4 Å². The number of aliphatic hydroxyl groups excluding tert-OH is 1. The van der Waals surface area contributed by atoms with Crippen LogP contribution in [0.5, 0.6) is 17.2 Å². The lowest BCUT2D eigenvalue weighted by Gasteiger charge is -2.47. The number of benzene rings is 3. The molecule has 1 unspecified atom stereocenters. The van der Waals surface area contributed by atoms with E-state index in [-0.39, 0.29) is 23.9 Å². The number of nitrogens with one attached hydrogen (secondary N) is 1. The van der Waals surface area contributed by atoms with E-state index in [1.165, 1.54) is 11.8 Å². The lowest BCUT2D eigenvalue weighted by Crippen LogP contribution is -2.65. The lowest BCUT2D eigenvalue weighted by atomic mass is 9.94. The normalized spacial score (nSPS) is 21.0. The predicted octanol–water partition coefficient (Wildman–Crippen LogP) is 3.77. The van der Waals surface area contributed by atoms with Gasteiger partial charge in [0.1, 0.15) is 5.75 Å². The number of hydrogen-bond acceptors (Lipinski definition) is 7. The Morgan fingerprint density at radius 3 is 2.08 bits per heavy atom. The van der Waals surface area contributed by atoms with Crippen molar-refractivity contribution in [2.24, 2.45) is 0 Å². The number of carbonyl (C=O) groups excluding carboxylic acids is 1. The Bertz CT molecular complexity index is 1440. The highest BCUT2D eigenvalue weighted by Crippen LogP contribution is 2.48. The molecule has 2 N–H and O–H groups in total. The number of carbonyl (C=O) groups is 1. The summed E-state index contributed by atoms with van der Waals surface area (Å²) in [7, 11) is -4.31. The van der Waals surface area contributed by atoms with Gasteiger partial charge in [-0.1, -0.05) is 24.3 Å². The van der Waals surface area contributed by atoms with Crippen molar-refractivity contribution in [2.75, 3.05) is 18.0 Å². The molecule has 13 heteroatoms. The summed E-state index contributed by atoms with van der Waals surface area (Å²) in [6, 6.07) is 16.1. The molecule has 3 aromatic rings. The molecule has 0 radical (unpaired) electrons. The van der Waals surface area contributed by atoms with Crippen LogP contribution in [0.15, 0.2) is 77.7 Å². The van der Waals surface area contributed by atoms with Crippen molar-refractivity contribution in [1.82, 2.24) is 9.62 Å². The van der Waals surface area contributed by atoms with Crippen LogP contribution in [0.1, 0.15) is 6.92 Å². The number of amides is 1. The van der Waals surface area contributed by atoms with Gasteiger partial charge >= 0.3 is 6.36 Å². The van der Waals surface area contributed by atoms with Gasteiger partial charge in [-0.2, -0.15) is 0 Å². The third kappa shape index (κ3) is 5.51. The largest absolute Gasteiger partial charge is 0.573 e. The first-order chi connectivity index (χ1) is 18.4. The lowest BCUT2D eigenvalue weighted by molar-refractivity contribution is -0.274. The second-order valence-electron chi connectivity index (χ2n) is 9.14. The van der Waals surface area contributed by atoms with Crippen LogP contribution in [0.4, 0.5) is 24.5 Å². The highest BCUT2D eigenvalue weighted by atomic mass is 32.2. The number of ether oxygens (including phenoxy) is 2. The van der Waals surface area contributed by atoms with E-state index >= 15 is 0 Å². The topological polar surface area (TPSA) is 108 Å². The molecule has 0 spiro atoms. The molecule has 3 aromatic carbocycles. The number of rotatable bonds is 5. The average Bonchev–Trinajstić information content (AvgIpc) is 2.88. The Morgan fingerprint density at radius 2 is 1.54 bits per heavy atom. The van der Waals surface area contributed by atoms with Crippen LogP contribution in [0.25, 0.3) is 0 Å². The molecular formula is C26H24F3N3O6S. The zero-order chi connectivity index (χ0) is 27.9. The number of halogens is 3. The van der Waals surface area contributed by atoms with Crippen molar-refractivity contribution in [1.29, 1.82) is 0 Å². The number of likely N-dealkylation sites (tertiary alicyclic amines) is 1. The third-order valence-electron chi connectivity index (χ3n) is 6.55. The van der Waals surface area contributed by atoms with Gasteiger partial charge in [-0.3, -0.25) is 4.79 Å². The van der Waals surface area contributed by atoms with E-state index in [4.69, 9.17) is 4.74 Å². The molecule has 2 aliphatic heterocycles. The number of piperidine rings is 1. The van der Waals surface area contributed by atoms with Crippen LogP contribution < -0.4 is 19.1 Å². The average molecular weight is 564 g/mol. The van der Waals surface area contributed by atoms with Gasteiger partial charge in [-0.15, -0.1) is 13.2 Å². The highest BCUT2D eigenvalue weighted by Gasteiger charge is 2.44. The Kier molecular flexibility index (Phi) is 6.91. The summed E-state index contributed by atoms with van der Waals surface area (Å²) in [6.07, 6.45) is -6.21. The molecule has 1 fully saturated rings. The smallest absolute Gasteiger partial charge is 0.453 e. The van der Waals surface area contributed by atoms with Crippen molar-refractivity contribution >= 4 is 27.3 Å². The van der Waals surface area contributed by atoms with Gasteiger partial charge in [0, 0.05) is 20.0 Å². The fourth-order valence-corrected chi connectivity index (χ4v) is 6.04. The molecule has 0 aliphatic carbocycles. The maximum Gasteiger partial charge on any atom is 0.573 e. The number of hydrogen-bond donors (Lipinski definition) is 2. The molecule has 2 aliphatic rings. The summed E-state index contributed by atoms with van der Waals surface area (Å²) in [6.45, 7) is 1.33. The van der Waals surface area contributed by atoms with Gasteiger partial charge in [-0.25, -0.2) is 13.1 Å². The van der Waals surface area contributed by atoms with Gasteiger partial charge in [0.05, 0.1) is 34.5 Å². The van der Waals surface area contributed by atoms with Crippen LogP contribution in [0.3, 0.4) is 0 Å². The SMILES string of the molecule is CC(=O)N1CC(N2c3ccccc3Oc3ccccc32)[C@@H](O)[C@H](NS(=O)(=O)c2ccc(OC(F)(F)F)cc2)C1. The van der Waals surface area contributed by atoms with E-state index in [1.807, 2.05) is 4.90 Å². The van der Waals surface area contributed by atoms with E-state index in [0.717, 1.165) is 24.3 Å². The number of aliphatic hydroxyl groups is 1. The van der Waals surface area contributed by atoms with Crippen molar-refractivity contribution in [2.45, 2.75) is 36.4 Å². The number of nitrogens with zero attached hydrogens (tertiary/aromatic N) is 2. The summed E-state index contributed by atoms with van der Waals surface area (Å²) < 4.78 is 76.1. The Morgan fingerprint density at radius 1 is 0.974 bits per heavy atom. The fourth-order valence-electron chi connectivity index (χ4n) is 4.80. The summed E-state index contributed by atoms with van der Waals surface area (Å²) in [5.41, 5.74) is 1.26. The molecule has 5 rings (SSSR count).